The maximum atomic E-state index is 9.68. The molecule has 1 heterocycles. The molecule has 3 aromatic rings. The highest BCUT2D eigenvalue weighted by atomic mass is 16.5. The molecule has 0 aliphatic rings. The Balaban J connectivity index is 1.87. The summed E-state index contributed by atoms with van der Waals surface area (Å²) >= 11 is 0. The zero-order valence-corrected chi connectivity index (χ0v) is 11.5. The predicted octanol–water partition coefficient (Wildman–Crippen LogP) is 3.15. The summed E-state index contributed by atoms with van der Waals surface area (Å²) in [6, 6.07) is 17.5. The van der Waals surface area contributed by atoms with Crippen molar-refractivity contribution in [1.82, 2.24) is 10.2 Å². The van der Waals surface area contributed by atoms with Gasteiger partial charge in [-0.1, -0.05) is 42.5 Å². The van der Waals surface area contributed by atoms with Gasteiger partial charge in [-0.05, 0) is 17.7 Å². The Morgan fingerprint density at radius 3 is 2.57 bits per heavy atom. The van der Waals surface area contributed by atoms with Crippen LogP contribution in [0.1, 0.15) is 11.1 Å². The molecule has 3 rings (SSSR count). The molecule has 0 aliphatic heterocycles. The summed E-state index contributed by atoms with van der Waals surface area (Å²) in [6.07, 6.45) is 1.69. The molecule has 0 saturated heterocycles. The molecular formula is C17H16N2O2. The van der Waals surface area contributed by atoms with Crippen molar-refractivity contribution in [3.05, 3.63) is 71.9 Å². The van der Waals surface area contributed by atoms with Crippen LogP contribution in [0.4, 0.5) is 0 Å². The average Bonchev–Trinajstić information content (AvgIpc) is 3.07. The number of nitrogens with zero attached hydrogens (tertiary/aromatic N) is 1. The standard InChI is InChI=1S/C17H16N2O2/c20-11-15-14(16-9-10-18-19-16)7-4-8-17(15)21-12-13-5-2-1-3-6-13/h1-10,20H,11-12H2,(H,18,19). The Hall–Kier alpha value is -2.59. The van der Waals surface area contributed by atoms with Crippen LogP contribution in [0.2, 0.25) is 0 Å². The van der Waals surface area contributed by atoms with E-state index in [1.54, 1.807) is 6.20 Å². The Morgan fingerprint density at radius 1 is 1.00 bits per heavy atom. The number of ether oxygens (including phenoxy) is 1. The first-order valence-electron chi connectivity index (χ1n) is 6.77. The van der Waals surface area contributed by atoms with Gasteiger partial charge in [-0.15, -0.1) is 0 Å². The zero-order valence-electron chi connectivity index (χ0n) is 11.5. The minimum Gasteiger partial charge on any atom is -0.489 e. The van der Waals surface area contributed by atoms with Gasteiger partial charge in [0, 0.05) is 17.3 Å². The number of aliphatic hydroxyl groups is 1. The SMILES string of the molecule is OCc1c(OCc2ccccc2)cccc1-c1ccn[nH]1. The third kappa shape index (κ3) is 2.95. The summed E-state index contributed by atoms with van der Waals surface area (Å²) in [7, 11) is 0. The molecule has 0 unspecified atom stereocenters. The number of hydrogen-bond donors (Lipinski definition) is 2. The molecule has 0 atom stereocenters. The molecule has 0 amide bonds. The van der Waals surface area contributed by atoms with Gasteiger partial charge < -0.3 is 9.84 Å². The Kier molecular flexibility index (Phi) is 3.98. The first-order valence-corrected chi connectivity index (χ1v) is 6.77. The van der Waals surface area contributed by atoms with E-state index in [4.69, 9.17) is 4.74 Å². The molecule has 21 heavy (non-hydrogen) atoms. The third-order valence-electron chi connectivity index (χ3n) is 3.32. The molecule has 2 aromatic carbocycles. The van der Waals surface area contributed by atoms with Gasteiger partial charge in [0.1, 0.15) is 12.4 Å². The van der Waals surface area contributed by atoms with Gasteiger partial charge in [-0.2, -0.15) is 5.10 Å². The number of aromatic nitrogens is 2. The number of hydrogen-bond acceptors (Lipinski definition) is 3. The summed E-state index contributed by atoms with van der Waals surface area (Å²) in [5.74, 6) is 0.688. The summed E-state index contributed by atoms with van der Waals surface area (Å²) in [5.41, 5.74) is 3.62. The lowest BCUT2D eigenvalue weighted by Gasteiger charge is -2.13. The summed E-state index contributed by atoms with van der Waals surface area (Å²) < 4.78 is 5.86. The molecule has 0 spiro atoms. The van der Waals surface area contributed by atoms with Crippen LogP contribution in [-0.2, 0) is 13.2 Å². The zero-order chi connectivity index (χ0) is 14.5. The topological polar surface area (TPSA) is 58.1 Å². The van der Waals surface area contributed by atoms with E-state index in [1.165, 1.54) is 0 Å². The van der Waals surface area contributed by atoms with Gasteiger partial charge in [-0.3, -0.25) is 5.10 Å². The smallest absolute Gasteiger partial charge is 0.126 e. The van der Waals surface area contributed by atoms with Crippen molar-refractivity contribution < 1.29 is 9.84 Å². The van der Waals surface area contributed by atoms with Crippen LogP contribution in [0, 0.1) is 0 Å². The van der Waals surface area contributed by atoms with E-state index in [-0.39, 0.29) is 6.61 Å². The number of nitrogens with one attached hydrogen (secondary N) is 1. The molecule has 0 fully saturated rings. The summed E-state index contributed by atoms with van der Waals surface area (Å²) in [6.45, 7) is 0.388. The predicted molar refractivity (Wildman–Crippen MR) is 80.7 cm³/mol. The second-order valence-corrected chi connectivity index (χ2v) is 4.68. The second kappa shape index (κ2) is 6.24. The third-order valence-corrected chi connectivity index (χ3v) is 3.32. The Morgan fingerprint density at radius 2 is 1.86 bits per heavy atom. The number of aromatic amines is 1. The van der Waals surface area contributed by atoms with Crippen LogP contribution < -0.4 is 4.74 Å². The van der Waals surface area contributed by atoms with Crippen molar-refractivity contribution in [1.29, 1.82) is 0 Å². The van der Waals surface area contributed by atoms with Gasteiger partial charge in [-0.25, -0.2) is 0 Å². The van der Waals surface area contributed by atoms with Gasteiger partial charge >= 0.3 is 0 Å². The number of aliphatic hydroxyl groups excluding tert-OH is 1. The lowest BCUT2D eigenvalue weighted by molar-refractivity contribution is 0.259. The van der Waals surface area contributed by atoms with Crippen LogP contribution in [0.5, 0.6) is 5.75 Å². The van der Waals surface area contributed by atoms with Crippen molar-refractivity contribution in [2.45, 2.75) is 13.2 Å². The number of rotatable bonds is 5. The van der Waals surface area contributed by atoms with E-state index in [2.05, 4.69) is 10.2 Å². The van der Waals surface area contributed by atoms with Gasteiger partial charge in [0.15, 0.2) is 0 Å². The molecule has 4 nitrogen and oxygen atoms in total. The minimum atomic E-state index is -0.0840. The van der Waals surface area contributed by atoms with E-state index >= 15 is 0 Å². The quantitative estimate of drug-likeness (QED) is 0.755. The van der Waals surface area contributed by atoms with Crippen LogP contribution in [0.25, 0.3) is 11.3 Å². The minimum absolute atomic E-state index is 0.0840. The van der Waals surface area contributed by atoms with E-state index in [0.29, 0.717) is 12.4 Å². The van der Waals surface area contributed by atoms with Crippen molar-refractivity contribution >= 4 is 0 Å². The fourth-order valence-electron chi connectivity index (χ4n) is 2.26. The van der Waals surface area contributed by atoms with Crippen molar-refractivity contribution in [2.75, 3.05) is 0 Å². The summed E-state index contributed by atoms with van der Waals surface area (Å²) in [4.78, 5) is 0. The average molecular weight is 280 g/mol. The highest BCUT2D eigenvalue weighted by Gasteiger charge is 2.11. The number of benzene rings is 2. The van der Waals surface area contributed by atoms with Crippen LogP contribution >= 0.6 is 0 Å². The fraction of sp³-hybridized carbons (Fsp3) is 0.118. The largest absolute Gasteiger partial charge is 0.489 e. The fourth-order valence-corrected chi connectivity index (χ4v) is 2.26. The highest BCUT2D eigenvalue weighted by Crippen LogP contribution is 2.30. The van der Waals surface area contributed by atoms with Gasteiger partial charge in [0.2, 0.25) is 0 Å². The van der Waals surface area contributed by atoms with E-state index in [9.17, 15) is 5.11 Å². The van der Waals surface area contributed by atoms with E-state index in [0.717, 1.165) is 22.4 Å². The molecule has 0 saturated carbocycles. The van der Waals surface area contributed by atoms with Crippen molar-refractivity contribution in [3.63, 3.8) is 0 Å². The molecule has 1 aromatic heterocycles. The molecular weight excluding hydrogens is 264 g/mol. The normalized spacial score (nSPS) is 10.5. The highest BCUT2D eigenvalue weighted by molar-refractivity contribution is 5.66. The molecule has 4 heteroatoms. The van der Waals surface area contributed by atoms with Gasteiger partial charge in [0.05, 0.1) is 12.3 Å². The van der Waals surface area contributed by atoms with Crippen LogP contribution in [0.15, 0.2) is 60.8 Å². The molecule has 0 radical (unpaired) electrons. The van der Waals surface area contributed by atoms with Crippen LogP contribution in [0.3, 0.4) is 0 Å². The van der Waals surface area contributed by atoms with Crippen molar-refractivity contribution in [2.24, 2.45) is 0 Å². The lowest BCUT2D eigenvalue weighted by Crippen LogP contribution is -2.00. The molecule has 2 N–H and O–H groups in total. The van der Waals surface area contributed by atoms with Crippen molar-refractivity contribution in [3.8, 4) is 17.0 Å². The monoisotopic (exact) mass is 280 g/mol. The van der Waals surface area contributed by atoms with E-state index < -0.39 is 0 Å². The first kappa shape index (κ1) is 13.4. The maximum absolute atomic E-state index is 9.68. The molecule has 0 bridgehead atoms. The maximum Gasteiger partial charge on any atom is 0.126 e. The van der Waals surface area contributed by atoms with Crippen LogP contribution in [-0.4, -0.2) is 15.3 Å². The number of H-pyrrole nitrogens is 1. The molecule has 106 valence electrons. The Labute approximate surface area is 123 Å². The summed E-state index contributed by atoms with van der Waals surface area (Å²) in [5, 5.41) is 16.5. The Bertz CT molecular complexity index is 694. The van der Waals surface area contributed by atoms with E-state index in [1.807, 2.05) is 54.6 Å². The van der Waals surface area contributed by atoms with Gasteiger partial charge in [0.25, 0.3) is 0 Å². The molecule has 0 aliphatic carbocycles. The lowest BCUT2D eigenvalue weighted by atomic mass is 10.0. The first-order chi connectivity index (χ1) is 10.4. The second-order valence-electron chi connectivity index (χ2n) is 4.68.